The van der Waals surface area contributed by atoms with Gasteiger partial charge in [0.15, 0.2) is 0 Å². The van der Waals surface area contributed by atoms with E-state index in [4.69, 9.17) is 0 Å². The fourth-order valence-electron chi connectivity index (χ4n) is 2.60. The van der Waals surface area contributed by atoms with E-state index in [1.54, 1.807) is 6.92 Å². The monoisotopic (exact) mass is 266 g/mol. The van der Waals surface area contributed by atoms with Crippen LogP contribution < -0.4 is 10.6 Å². The second kappa shape index (κ2) is 6.19. The van der Waals surface area contributed by atoms with Crippen molar-refractivity contribution in [1.29, 1.82) is 0 Å². The maximum Gasteiger partial charge on any atom is 0.219 e. The first-order chi connectivity index (χ1) is 9.10. The van der Waals surface area contributed by atoms with Crippen molar-refractivity contribution in [3.05, 3.63) is 5.70 Å². The van der Waals surface area contributed by atoms with Gasteiger partial charge in [0.1, 0.15) is 11.6 Å². The molecule has 1 amide bonds. The third-order valence-electron chi connectivity index (χ3n) is 3.87. The number of hydrogen-bond acceptors (Lipinski definition) is 5. The molecule has 0 aliphatic carbocycles. The fraction of sp³-hybridized carbons (Fsp3) is 0.769. The molecule has 2 saturated heterocycles. The SMILES string of the molecule is CC(=O)N1CCN(CC2CNC(C)C(=C=O)N2)CC1. The Hall–Kier alpha value is -1.36. The maximum atomic E-state index is 11.3. The van der Waals surface area contributed by atoms with Gasteiger partial charge in [0.05, 0.1) is 12.1 Å². The Morgan fingerprint density at radius 2 is 2.05 bits per heavy atom. The first kappa shape index (κ1) is 14.1. The summed E-state index contributed by atoms with van der Waals surface area (Å²) in [6.45, 7) is 8.68. The van der Waals surface area contributed by atoms with E-state index >= 15 is 0 Å². The molecular weight excluding hydrogens is 244 g/mol. The van der Waals surface area contributed by atoms with Gasteiger partial charge in [0.2, 0.25) is 5.91 Å². The molecule has 2 aliphatic heterocycles. The van der Waals surface area contributed by atoms with Gasteiger partial charge in [-0.25, -0.2) is 4.79 Å². The van der Waals surface area contributed by atoms with Gasteiger partial charge in [-0.2, -0.15) is 0 Å². The van der Waals surface area contributed by atoms with Gasteiger partial charge < -0.3 is 15.5 Å². The van der Waals surface area contributed by atoms with Gasteiger partial charge in [0, 0.05) is 46.2 Å². The molecule has 2 unspecified atom stereocenters. The molecule has 0 saturated carbocycles. The molecule has 2 atom stereocenters. The summed E-state index contributed by atoms with van der Waals surface area (Å²) in [5.74, 6) is 2.11. The first-order valence-electron chi connectivity index (χ1n) is 6.83. The van der Waals surface area contributed by atoms with Crippen LogP contribution in [0.3, 0.4) is 0 Å². The van der Waals surface area contributed by atoms with Crippen molar-refractivity contribution in [1.82, 2.24) is 20.4 Å². The van der Waals surface area contributed by atoms with E-state index in [1.807, 2.05) is 17.8 Å². The Morgan fingerprint density at radius 1 is 1.37 bits per heavy atom. The van der Waals surface area contributed by atoms with Crippen LogP contribution in [0.4, 0.5) is 0 Å². The third kappa shape index (κ3) is 3.56. The van der Waals surface area contributed by atoms with Crippen molar-refractivity contribution < 1.29 is 9.59 Å². The predicted molar refractivity (Wildman–Crippen MR) is 72.3 cm³/mol. The lowest BCUT2D eigenvalue weighted by Crippen LogP contribution is -2.58. The Morgan fingerprint density at radius 3 is 2.63 bits per heavy atom. The normalized spacial score (nSPS) is 28.7. The lowest BCUT2D eigenvalue weighted by atomic mass is 10.1. The minimum absolute atomic E-state index is 0.0586. The highest BCUT2D eigenvalue weighted by molar-refractivity contribution is 5.73. The standard InChI is InChI=1S/C13H22N4O2/c1-10-13(9-18)15-12(7-14-10)8-16-3-5-17(6-4-16)11(2)19/h10,12,14-15H,3-8H2,1-2H3. The summed E-state index contributed by atoms with van der Waals surface area (Å²) in [6.07, 6.45) is 0. The highest BCUT2D eigenvalue weighted by Gasteiger charge is 2.25. The van der Waals surface area contributed by atoms with Crippen LogP contribution in [-0.4, -0.2) is 73.0 Å². The third-order valence-corrected chi connectivity index (χ3v) is 3.87. The summed E-state index contributed by atoms with van der Waals surface area (Å²) in [6, 6.07) is 0.292. The van der Waals surface area contributed by atoms with E-state index in [0.717, 1.165) is 39.3 Å². The van der Waals surface area contributed by atoms with Gasteiger partial charge in [0.25, 0.3) is 0 Å². The molecule has 106 valence electrons. The number of rotatable bonds is 2. The molecule has 0 aromatic carbocycles. The topological polar surface area (TPSA) is 64.7 Å². The summed E-state index contributed by atoms with van der Waals surface area (Å²) in [5.41, 5.74) is 0.610. The van der Waals surface area contributed by atoms with Gasteiger partial charge in [-0.3, -0.25) is 9.69 Å². The molecule has 2 N–H and O–H groups in total. The highest BCUT2D eigenvalue weighted by atomic mass is 16.2. The van der Waals surface area contributed by atoms with Crippen molar-refractivity contribution in [3.8, 4) is 0 Å². The Kier molecular flexibility index (Phi) is 4.58. The number of carbonyl (C=O) groups is 1. The zero-order chi connectivity index (χ0) is 13.8. The van der Waals surface area contributed by atoms with Crippen LogP contribution >= 0.6 is 0 Å². The van der Waals surface area contributed by atoms with E-state index in [9.17, 15) is 9.59 Å². The van der Waals surface area contributed by atoms with Gasteiger partial charge >= 0.3 is 0 Å². The quantitative estimate of drug-likeness (QED) is 0.616. The Balaban J connectivity index is 1.80. The molecule has 2 aliphatic rings. The largest absolute Gasteiger partial charge is 0.373 e. The van der Waals surface area contributed by atoms with Crippen LogP contribution in [0.25, 0.3) is 0 Å². The van der Waals surface area contributed by atoms with Gasteiger partial charge in [-0.15, -0.1) is 0 Å². The lowest BCUT2D eigenvalue weighted by molar-refractivity contribution is -0.130. The molecule has 2 heterocycles. The number of piperazine rings is 2. The molecule has 2 rings (SSSR count). The molecule has 0 spiro atoms. The van der Waals surface area contributed by atoms with Crippen molar-refractivity contribution in [2.75, 3.05) is 39.3 Å². The summed E-state index contributed by atoms with van der Waals surface area (Å²) in [7, 11) is 0. The molecule has 0 bridgehead atoms. The molecule has 6 heteroatoms. The molecular formula is C13H22N4O2. The van der Waals surface area contributed by atoms with Crippen LogP contribution in [0.5, 0.6) is 0 Å². The predicted octanol–water partition coefficient (Wildman–Crippen LogP) is -1.18. The van der Waals surface area contributed by atoms with Crippen molar-refractivity contribution in [3.63, 3.8) is 0 Å². The van der Waals surface area contributed by atoms with E-state index in [0.29, 0.717) is 5.70 Å². The minimum atomic E-state index is 0.0586. The zero-order valence-electron chi connectivity index (χ0n) is 11.6. The maximum absolute atomic E-state index is 11.3. The van der Waals surface area contributed by atoms with Crippen LogP contribution in [-0.2, 0) is 9.59 Å². The molecule has 19 heavy (non-hydrogen) atoms. The number of carbonyl (C=O) groups excluding carboxylic acids is 2. The summed E-state index contributed by atoms with van der Waals surface area (Å²) >= 11 is 0. The summed E-state index contributed by atoms with van der Waals surface area (Å²) in [5, 5.41) is 6.54. The molecule has 0 radical (unpaired) electrons. The first-order valence-corrected chi connectivity index (χ1v) is 6.83. The fourth-order valence-corrected chi connectivity index (χ4v) is 2.60. The molecule has 0 aromatic heterocycles. The van der Waals surface area contributed by atoms with E-state index in [2.05, 4.69) is 15.5 Å². The van der Waals surface area contributed by atoms with E-state index in [1.165, 1.54) is 0 Å². The molecule has 6 nitrogen and oxygen atoms in total. The number of hydrogen-bond donors (Lipinski definition) is 2. The summed E-state index contributed by atoms with van der Waals surface area (Å²) in [4.78, 5) is 26.3. The van der Waals surface area contributed by atoms with Crippen molar-refractivity contribution in [2.24, 2.45) is 0 Å². The van der Waals surface area contributed by atoms with Crippen LogP contribution in [0.15, 0.2) is 5.70 Å². The zero-order valence-corrected chi connectivity index (χ0v) is 11.6. The van der Waals surface area contributed by atoms with Crippen LogP contribution in [0.1, 0.15) is 13.8 Å². The Bertz CT molecular complexity index is 384. The number of nitrogens with zero attached hydrogens (tertiary/aromatic N) is 2. The lowest BCUT2D eigenvalue weighted by Gasteiger charge is -2.38. The second-order valence-corrected chi connectivity index (χ2v) is 5.29. The van der Waals surface area contributed by atoms with Crippen LogP contribution in [0.2, 0.25) is 0 Å². The van der Waals surface area contributed by atoms with E-state index < -0.39 is 0 Å². The van der Waals surface area contributed by atoms with Crippen LogP contribution in [0, 0.1) is 0 Å². The highest BCUT2D eigenvalue weighted by Crippen LogP contribution is 2.07. The summed E-state index contributed by atoms with van der Waals surface area (Å²) < 4.78 is 0. The number of nitrogens with one attached hydrogen (secondary N) is 2. The molecule has 2 fully saturated rings. The van der Waals surface area contributed by atoms with Crippen molar-refractivity contribution >= 4 is 11.8 Å². The Labute approximate surface area is 113 Å². The average molecular weight is 266 g/mol. The van der Waals surface area contributed by atoms with E-state index in [-0.39, 0.29) is 18.0 Å². The number of amides is 1. The van der Waals surface area contributed by atoms with Crippen molar-refractivity contribution in [2.45, 2.75) is 25.9 Å². The minimum Gasteiger partial charge on any atom is -0.373 e. The second-order valence-electron chi connectivity index (χ2n) is 5.29. The van der Waals surface area contributed by atoms with Gasteiger partial charge in [-0.1, -0.05) is 0 Å². The smallest absolute Gasteiger partial charge is 0.219 e. The molecule has 0 aromatic rings. The van der Waals surface area contributed by atoms with Gasteiger partial charge in [-0.05, 0) is 6.92 Å². The average Bonchev–Trinajstić information content (AvgIpc) is 2.41.